The highest BCUT2D eigenvalue weighted by Crippen LogP contribution is 2.25. The number of likely N-dealkylation sites (tertiary alicyclic amines) is 1. The molecule has 24 heavy (non-hydrogen) atoms. The quantitative estimate of drug-likeness (QED) is 0.838. The van der Waals surface area contributed by atoms with Crippen LogP contribution in [0.25, 0.3) is 0 Å². The van der Waals surface area contributed by atoms with Gasteiger partial charge in [-0.2, -0.15) is 0 Å². The predicted octanol–water partition coefficient (Wildman–Crippen LogP) is 1.65. The van der Waals surface area contributed by atoms with Crippen LogP contribution in [-0.4, -0.2) is 57.2 Å². The van der Waals surface area contributed by atoms with Crippen LogP contribution in [0.1, 0.15) is 30.1 Å². The van der Waals surface area contributed by atoms with E-state index in [1.54, 1.807) is 6.33 Å². The first-order valence-corrected chi connectivity index (χ1v) is 8.47. The molecule has 1 atom stereocenters. The normalized spacial score (nSPS) is 18.1. The maximum Gasteiger partial charge on any atom is 0.236 e. The van der Waals surface area contributed by atoms with Crippen LogP contribution in [0, 0.1) is 0 Å². The highest BCUT2D eigenvalue weighted by molar-refractivity contribution is 5.78. The molecule has 2 heterocycles. The Bertz CT molecular complexity index is 669. The summed E-state index contributed by atoms with van der Waals surface area (Å²) in [4.78, 5) is 16.7. The van der Waals surface area contributed by atoms with Gasteiger partial charge >= 0.3 is 0 Å². The van der Waals surface area contributed by atoms with Crippen LogP contribution < -0.4 is 0 Å². The standard InChI is InChI=1S/C18H25N5O/c1-21(11-15-7-4-3-5-8-15)13-17(24)23-10-6-9-16(12-23)18-20-19-14-22(18)2/h3-5,7-8,14,16H,6,9-13H2,1-2H3. The summed E-state index contributed by atoms with van der Waals surface area (Å²) < 4.78 is 1.96. The number of piperidine rings is 1. The number of carbonyl (C=O) groups excluding carboxylic acids is 1. The van der Waals surface area contributed by atoms with Gasteiger partial charge in [-0.3, -0.25) is 9.69 Å². The summed E-state index contributed by atoms with van der Waals surface area (Å²) in [5.41, 5.74) is 1.23. The minimum absolute atomic E-state index is 0.195. The molecule has 128 valence electrons. The zero-order valence-corrected chi connectivity index (χ0v) is 14.4. The van der Waals surface area contributed by atoms with E-state index in [9.17, 15) is 4.79 Å². The monoisotopic (exact) mass is 327 g/mol. The summed E-state index contributed by atoms with van der Waals surface area (Å²) in [6.45, 7) is 2.81. The van der Waals surface area contributed by atoms with Gasteiger partial charge in [0.05, 0.1) is 6.54 Å². The third kappa shape index (κ3) is 4.00. The molecule has 2 aromatic rings. The third-order valence-corrected chi connectivity index (χ3v) is 4.59. The lowest BCUT2D eigenvalue weighted by Crippen LogP contribution is -2.44. The Morgan fingerprint density at radius 3 is 2.83 bits per heavy atom. The van der Waals surface area contributed by atoms with Crippen LogP contribution in [0.3, 0.4) is 0 Å². The van der Waals surface area contributed by atoms with Gasteiger partial charge in [0.15, 0.2) is 0 Å². The molecule has 0 N–H and O–H groups in total. The fraction of sp³-hybridized carbons (Fsp3) is 0.500. The Labute approximate surface area is 143 Å². The van der Waals surface area contributed by atoms with E-state index in [1.165, 1.54) is 5.56 Å². The number of aryl methyl sites for hydroxylation is 1. The van der Waals surface area contributed by atoms with E-state index in [2.05, 4.69) is 27.2 Å². The SMILES string of the molecule is CN(CC(=O)N1CCCC(c2nncn2C)C1)Cc1ccccc1. The Morgan fingerprint density at radius 2 is 2.12 bits per heavy atom. The van der Waals surface area contributed by atoms with E-state index >= 15 is 0 Å². The Balaban J connectivity index is 1.55. The van der Waals surface area contributed by atoms with E-state index in [-0.39, 0.29) is 11.8 Å². The molecule has 1 aromatic heterocycles. The molecule has 0 saturated carbocycles. The summed E-state index contributed by atoms with van der Waals surface area (Å²) in [6.07, 6.45) is 3.81. The number of carbonyl (C=O) groups is 1. The molecule has 1 amide bonds. The van der Waals surface area contributed by atoms with Gasteiger partial charge in [0.1, 0.15) is 12.2 Å². The van der Waals surface area contributed by atoms with Crippen molar-refractivity contribution in [3.05, 3.63) is 48.0 Å². The van der Waals surface area contributed by atoms with E-state index in [0.717, 1.165) is 38.3 Å². The molecule has 1 fully saturated rings. The van der Waals surface area contributed by atoms with Crippen LogP contribution in [0.15, 0.2) is 36.7 Å². The van der Waals surface area contributed by atoms with Crippen LogP contribution in [0.2, 0.25) is 0 Å². The van der Waals surface area contributed by atoms with Crippen molar-refractivity contribution in [3.8, 4) is 0 Å². The number of hydrogen-bond acceptors (Lipinski definition) is 4. The summed E-state index contributed by atoms with van der Waals surface area (Å²) in [6, 6.07) is 10.2. The smallest absolute Gasteiger partial charge is 0.236 e. The van der Waals surface area contributed by atoms with Gasteiger partial charge in [0, 0.05) is 32.6 Å². The van der Waals surface area contributed by atoms with Gasteiger partial charge in [0.25, 0.3) is 0 Å². The number of amides is 1. The number of benzene rings is 1. The topological polar surface area (TPSA) is 54.3 Å². The summed E-state index contributed by atoms with van der Waals surface area (Å²) in [7, 11) is 3.96. The second-order valence-electron chi connectivity index (χ2n) is 6.64. The van der Waals surface area contributed by atoms with Crippen molar-refractivity contribution in [2.24, 2.45) is 7.05 Å². The minimum Gasteiger partial charge on any atom is -0.341 e. The molecule has 0 spiro atoms. The lowest BCUT2D eigenvalue weighted by Gasteiger charge is -2.33. The van der Waals surface area contributed by atoms with Gasteiger partial charge in [-0.1, -0.05) is 30.3 Å². The fourth-order valence-corrected chi connectivity index (χ4v) is 3.36. The molecule has 3 rings (SSSR count). The van der Waals surface area contributed by atoms with Crippen LogP contribution in [0.4, 0.5) is 0 Å². The highest BCUT2D eigenvalue weighted by Gasteiger charge is 2.27. The second-order valence-corrected chi connectivity index (χ2v) is 6.64. The van der Waals surface area contributed by atoms with Crippen molar-refractivity contribution in [3.63, 3.8) is 0 Å². The molecule has 1 aliphatic heterocycles. The zero-order valence-electron chi connectivity index (χ0n) is 14.4. The summed E-state index contributed by atoms with van der Waals surface area (Å²) >= 11 is 0. The van der Waals surface area contributed by atoms with E-state index in [0.29, 0.717) is 6.54 Å². The number of nitrogens with zero attached hydrogens (tertiary/aromatic N) is 5. The van der Waals surface area contributed by atoms with E-state index in [1.807, 2.05) is 41.8 Å². The maximum atomic E-state index is 12.6. The van der Waals surface area contributed by atoms with E-state index < -0.39 is 0 Å². The molecule has 0 aliphatic carbocycles. The van der Waals surface area contributed by atoms with Crippen molar-refractivity contribution in [2.45, 2.75) is 25.3 Å². The largest absolute Gasteiger partial charge is 0.341 e. The van der Waals surface area contributed by atoms with Crippen LogP contribution >= 0.6 is 0 Å². The van der Waals surface area contributed by atoms with Crippen LogP contribution in [-0.2, 0) is 18.4 Å². The van der Waals surface area contributed by atoms with Gasteiger partial charge < -0.3 is 9.47 Å². The van der Waals surface area contributed by atoms with Gasteiger partial charge in [-0.05, 0) is 25.5 Å². The Kier molecular flexibility index (Phi) is 5.25. The number of hydrogen-bond donors (Lipinski definition) is 0. The molecule has 0 radical (unpaired) electrons. The second kappa shape index (κ2) is 7.57. The Hall–Kier alpha value is -2.21. The molecule has 6 nitrogen and oxygen atoms in total. The zero-order chi connectivity index (χ0) is 16.9. The lowest BCUT2D eigenvalue weighted by atomic mass is 9.97. The fourth-order valence-electron chi connectivity index (χ4n) is 3.36. The van der Waals surface area contributed by atoms with Crippen molar-refractivity contribution in [1.82, 2.24) is 24.6 Å². The number of rotatable bonds is 5. The molecule has 1 aliphatic rings. The highest BCUT2D eigenvalue weighted by atomic mass is 16.2. The molecular formula is C18H25N5O. The molecule has 6 heteroatoms. The van der Waals surface area contributed by atoms with Crippen molar-refractivity contribution in [1.29, 1.82) is 0 Å². The van der Waals surface area contributed by atoms with Crippen LogP contribution in [0.5, 0.6) is 0 Å². The van der Waals surface area contributed by atoms with Crippen molar-refractivity contribution >= 4 is 5.91 Å². The van der Waals surface area contributed by atoms with Gasteiger partial charge in [-0.25, -0.2) is 0 Å². The molecule has 1 unspecified atom stereocenters. The van der Waals surface area contributed by atoms with Crippen molar-refractivity contribution < 1.29 is 4.79 Å². The average molecular weight is 327 g/mol. The van der Waals surface area contributed by atoms with Crippen molar-refractivity contribution in [2.75, 3.05) is 26.7 Å². The minimum atomic E-state index is 0.195. The third-order valence-electron chi connectivity index (χ3n) is 4.59. The molecular weight excluding hydrogens is 302 g/mol. The molecule has 1 saturated heterocycles. The summed E-state index contributed by atoms with van der Waals surface area (Å²) in [5, 5.41) is 8.18. The van der Waals surface area contributed by atoms with Gasteiger partial charge in [0.2, 0.25) is 5.91 Å². The van der Waals surface area contributed by atoms with Gasteiger partial charge in [-0.15, -0.1) is 10.2 Å². The maximum absolute atomic E-state index is 12.6. The number of likely N-dealkylation sites (N-methyl/N-ethyl adjacent to an activating group) is 1. The molecule has 1 aromatic carbocycles. The average Bonchev–Trinajstić information content (AvgIpc) is 3.02. The lowest BCUT2D eigenvalue weighted by molar-refractivity contribution is -0.133. The predicted molar refractivity (Wildman–Crippen MR) is 92.3 cm³/mol. The summed E-state index contributed by atoms with van der Waals surface area (Å²) in [5.74, 6) is 1.46. The number of aromatic nitrogens is 3. The van der Waals surface area contributed by atoms with E-state index in [4.69, 9.17) is 0 Å². The first kappa shape index (κ1) is 16.6. The first-order chi connectivity index (χ1) is 11.6. The molecule has 0 bridgehead atoms. The first-order valence-electron chi connectivity index (χ1n) is 8.47. The Morgan fingerprint density at radius 1 is 1.33 bits per heavy atom.